The molecule has 0 saturated carbocycles. The number of hydrogen-bond donors (Lipinski definition) is 0. The molecule has 0 radical (unpaired) electrons. The van der Waals surface area contributed by atoms with Gasteiger partial charge in [-0.15, -0.1) is 0 Å². The summed E-state index contributed by atoms with van der Waals surface area (Å²) in [5.41, 5.74) is 0.994. The highest BCUT2D eigenvalue weighted by molar-refractivity contribution is 6.78. The average molecular weight is 373 g/mol. The zero-order valence-corrected chi connectivity index (χ0v) is 17.5. The van der Waals surface area contributed by atoms with Crippen LogP contribution in [0.3, 0.4) is 0 Å². The molecule has 0 bridgehead atoms. The Hall–Kier alpha value is -1.63. The molecular weight excluding hydrogens is 340 g/mol. The van der Waals surface area contributed by atoms with E-state index in [1.165, 1.54) is 7.11 Å². The maximum absolute atomic E-state index is 12.3. The van der Waals surface area contributed by atoms with Crippen LogP contribution in [-0.2, 0) is 28.3 Å². The summed E-state index contributed by atoms with van der Waals surface area (Å²) in [6, 6.07) is 0. The molecule has 0 aliphatic rings. The van der Waals surface area contributed by atoms with Crippen LogP contribution in [0.2, 0.25) is 16.6 Å². The number of esters is 2. The van der Waals surface area contributed by atoms with Gasteiger partial charge in [-0.05, 0) is 23.0 Å². The molecule has 0 rings (SSSR count). The molecule has 0 fully saturated rings. The Morgan fingerprint density at radius 3 is 1.80 bits per heavy atom. The van der Waals surface area contributed by atoms with Crippen molar-refractivity contribution in [3.63, 3.8) is 0 Å². The monoisotopic (exact) mass is 372 g/mol. The molecule has 0 N–H and O–H groups in total. The second-order valence-corrected chi connectivity index (χ2v) is 12.3. The van der Waals surface area contributed by atoms with E-state index in [-0.39, 0.29) is 19.0 Å². The summed E-state index contributed by atoms with van der Waals surface area (Å²) in [4.78, 5) is 34.5. The summed E-state index contributed by atoms with van der Waals surface area (Å²) >= 11 is 0. The zero-order valence-electron chi connectivity index (χ0n) is 16.5. The molecule has 0 aromatic carbocycles. The zero-order chi connectivity index (χ0) is 19.6. The van der Waals surface area contributed by atoms with Crippen molar-refractivity contribution < 1.29 is 28.3 Å². The smallest absolute Gasteiger partial charge is 0.331 e. The summed E-state index contributed by atoms with van der Waals surface area (Å²) in [5.74, 6) is -1.50. The fourth-order valence-electron chi connectivity index (χ4n) is 3.24. The van der Waals surface area contributed by atoms with E-state index in [9.17, 15) is 14.4 Å². The van der Waals surface area contributed by atoms with Gasteiger partial charge in [-0.25, -0.2) is 9.59 Å². The van der Waals surface area contributed by atoms with Gasteiger partial charge in [0, 0.05) is 18.6 Å². The van der Waals surface area contributed by atoms with Crippen LogP contribution >= 0.6 is 0 Å². The van der Waals surface area contributed by atoms with Gasteiger partial charge < -0.3 is 13.9 Å². The van der Waals surface area contributed by atoms with Gasteiger partial charge >= 0.3 is 11.9 Å². The molecule has 0 aliphatic heterocycles. The predicted molar refractivity (Wildman–Crippen MR) is 98.5 cm³/mol. The van der Waals surface area contributed by atoms with Crippen LogP contribution in [0.1, 0.15) is 54.4 Å². The Morgan fingerprint density at radius 1 is 0.880 bits per heavy atom. The Morgan fingerprint density at radius 2 is 1.36 bits per heavy atom. The van der Waals surface area contributed by atoms with Crippen molar-refractivity contribution in [2.45, 2.75) is 71.0 Å². The topological polar surface area (TPSA) is 78.9 Å². The normalized spacial score (nSPS) is 12.1. The molecule has 0 spiro atoms. The van der Waals surface area contributed by atoms with Crippen LogP contribution < -0.4 is 0 Å². The van der Waals surface area contributed by atoms with E-state index in [1.807, 2.05) is 0 Å². The number of ether oxygens (including phenoxy) is 2. The molecular formula is C18H32O6Si. The number of hydrogen-bond acceptors (Lipinski definition) is 6. The van der Waals surface area contributed by atoms with Crippen LogP contribution in [-0.4, -0.2) is 39.9 Å². The second kappa shape index (κ2) is 11.1. The van der Waals surface area contributed by atoms with Crippen LogP contribution in [0.4, 0.5) is 0 Å². The summed E-state index contributed by atoms with van der Waals surface area (Å²) < 4.78 is 15.3. The Balaban J connectivity index is 4.45. The van der Waals surface area contributed by atoms with Gasteiger partial charge in [0.1, 0.15) is 0 Å². The van der Waals surface area contributed by atoms with Crippen LogP contribution in [0.5, 0.6) is 0 Å². The van der Waals surface area contributed by atoms with Gasteiger partial charge in [0.15, 0.2) is 0 Å². The number of carbonyl (C=O) groups excluding carboxylic acids is 3. The predicted octanol–water partition coefficient (Wildman–Crippen LogP) is 3.76. The van der Waals surface area contributed by atoms with Crippen LogP contribution in [0, 0.1) is 0 Å². The van der Waals surface area contributed by atoms with Crippen LogP contribution in [0.25, 0.3) is 0 Å². The molecule has 0 aromatic rings. The van der Waals surface area contributed by atoms with E-state index in [0.29, 0.717) is 23.0 Å². The molecule has 0 unspecified atom stereocenters. The first kappa shape index (κ1) is 23.4. The minimum Gasteiger partial charge on any atom is -0.518 e. The summed E-state index contributed by atoms with van der Waals surface area (Å²) in [6.07, 6.45) is 2.58. The van der Waals surface area contributed by atoms with Crippen molar-refractivity contribution in [1.82, 2.24) is 0 Å². The Labute approximate surface area is 152 Å². The van der Waals surface area contributed by atoms with E-state index in [2.05, 4.69) is 46.3 Å². The number of methoxy groups -OCH3 is 1. The van der Waals surface area contributed by atoms with Crippen molar-refractivity contribution in [2.24, 2.45) is 0 Å². The third kappa shape index (κ3) is 7.42. The molecule has 0 amide bonds. The van der Waals surface area contributed by atoms with Crippen LogP contribution in [0.15, 0.2) is 12.2 Å². The lowest BCUT2D eigenvalue weighted by Gasteiger charge is -2.41. The Kier molecular flexibility index (Phi) is 10.4. The summed E-state index contributed by atoms with van der Waals surface area (Å²) in [6.45, 7) is 12.8. The van der Waals surface area contributed by atoms with Crippen molar-refractivity contribution in [3.8, 4) is 0 Å². The summed E-state index contributed by atoms with van der Waals surface area (Å²) in [7, 11) is -1.00. The van der Waals surface area contributed by atoms with Gasteiger partial charge in [-0.3, -0.25) is 4.79 Å². The molecule has 0 atom stereocenters. The van der Waals surface area contributed by atoms with Crippen molar-refractivity contribution in [2.75, 3.05) is 13.7 Å². The number of rotatable bonds is 10. The fraction of sp³-hybridized carbons (Fsp3) is 0.722. The average Bonchev–Trinajstić information content (AvgIpc) is 2.53. The first-order chi connectivity index (χ1) is 11.6. The quantitative estimate of drug-likeness (QED) is 0.251. The van der Waals surface area contributed by atoms with Crippen molar-refractivity contribution in [3.05, 3.63) is 12.2 Å². The lowest BCUT2D eigenvalue weighted by molar-refractivity contribution is -0.141. The van der Waals surface area contributed by atoms with E-state index in [4.69, 9.17) is 9.16 Å². The van der Waals surface area contributed by atoms with Gasteiger partial charge in [0.2, 0.25) is 0 Å². The second-order valence-electron chi connectivity index (χ2n) is 6.92. The molecule has 0 heterocycles. The fourth-order valence-corrected chi connectivity index (χ4v) is 8.45. The van der Waals surface area contributed by atoms with Gasteiger partial charge in [-0.1, -0.05) is 41.5 Å². The molecule has 6 nitrogen and oxygen atoms in total. The van der Waals surface area contributed by atoms with E-state index in [0.717, 1.165) is 12.2 Å². The van der Waals surface area contributed by atoms with Gasteiger partial charge in [0.25, 0.3) is 14.3 Å². The van der Waals surface area contributed by atoms with E-state index < -0.39 is 20.3 Å². The number of carbonyl (C=O) groups is 3. The molecule has 0 aromatic heterocycles. The van der Waals surface area contributed by atoms with Gasteiger partial charge in [-0.2, -0.15) is 0 Å². The van der Waals surface area contributed by atoms with Crippen molar-refractivity contribution >= 4 is 26.2 Å². The van der Waals surface area contributed by atoms with Crippen molar-refractivity contribution in [1.29, 1.82) is 0 Å². The minimum atomic E-state index is -2.22. The maximum Gasteiger partial charge on any atom is 0.331 e. The highest BCUT2D eigenvalue weighted by atomic mass is 28.4. The largest absolute Gasteiger partial charge is 0.518 e. The lowest BCUT2D eigenvalue weighted by Crippen LogP contribution is -2.49. The third-order valence-corrected chi connectivity index (χ3v) is 10.3. The minimum absolute atomic E-state index is 0.0963. The van der Waals surface area contributed by atoms with E-state index >= 15 is 0 Å². The summed E-state index contributed by atoms with van der Waals surface area (Å²) in [5, 5.41) is 0. The third-order valence-electron chi connectivity index (χ3n) is 4.32. The maximum atomic E-state index is 12.3. The highest BCUT2D eigenvalue weighted by Gasteiger charge is 2.47. The highest BCUT2D eigenvalue weighted by Crippen LogP contribution is 2.42. The first-order valence-corrected chi connectivity index (χ1v) is 10.9. The standard InChI is InChI=1S/C18H32O6Si/c1-13(2)25(14(3)4,15(5)6)24-18(21)9-8-12-23-17(20)11-10-16(19)22-7/h10-11,13-15H,8-9,12H2,1-7H3/b11-10+. The van der Waals surface area contributed by atoms with E-state index in [1.54, 1.807) is 0 Å². The molecule has 25 heavy (non-hydrogen) atoms. The van der Waals surface area contributed by atoms with Gasteiger partial charge in [0.05, 0.1) is 13.7 Å². The SMILES string of the molecule is COC(=O)/C=C/C(=O)OCCCC(=O)O[Si](C(C)C)(C(C)C)C(C)C. The molecule has 0 aliphatic carbocycles. The molecule has 0 saturated heterocycles. The Bertz CT molecular complexity index is 460. The first-order valence-electron chi connectivity index (χ1n) is 8.72. The molecule has 7 heteroatoms. The lowest BCUT2D eigenvalue weighted by atomic mass is 10.3. The molecule has 144 valence electrons.